The first kappa shape index (κ1) is 45.5. The summed E-state index contributed by atoms with van der Waals surface area (Å²) in [6.07, 6.45) is 7.36. The lowest BCUT2D eigenvalue weighted by Crippen LogP contribution is -2.51. The summed E-state index contributed by atoms with van der Waals surface area (Å²) in [4.78, 5) is 71.7. The Morgan fingerprint density at radius 1 is 0.618 bits per heavy atom. The topological polar surface area (TPSA) is 208 Å². The number of imidazole rings is 2. The van der Waals surface area contributed by atoms with Crippen LogP contribution < -0.4 is 10.6 Å². The van der Waals surface area contributed by atoms with Gasteiger partial charge in [0.05, 0.1) is 73.2 Å². The van der Waals surface area contributed by atoms with Gasteiger partial charge >= 0.3 is 12.2 Å². The Hall–Kier alpha value is -7.69. The van der Waals surface area contributed by atoms with Crippen molar-refractivity contribution in [2.75, 3.05) is 27.3 Å². The third kappa shape index (κ3) is 8.95. The average molecular weight is 920 g/mol. The van der Waals surface area contributed by atoms with Gasteiger partial charge in [-0.2, -0.15) is 5.10 Å². The molecule has 17 heteroatoms. The van der Waals surface area contributed by atoms with Crippen molar-refractivity contribution < 1.29 is 28.7 Å². The molecule has 0 unspecified atom stereocenters. The fourth-order valence-corrected chi connectivity index (χ4v) is 9.56. The molecule has 9 rings (SSSR count). The fraction of sp³-hybridized carbons (Fsp3) is 0.353. The summed E-state index contributed by atoms with van der Waals surface area (Å²) < 4.78 is 11.8. The molecule has 6 heterocycles. The van der Waals surface area contributed by atoms with Crippen molar-refractivity contribution in [1.82, 2.24) is 55.1 Å². The van der Waals surface area contributed by atoms with Crippen LogP contribution in [0.2, 0.25) is 0 Å². The Labute approximate surface area is 394 Å². The fourth-order valence-electron chi connectivity index (χ4n) is 9.56. The summed E-state index contributed by atoms with van der Waals surface area (Å²) in [5, 5.41) is 13.8. The molecule has 0 bridgehead atoms. The highest BCUT2D eigenvalue weighted by Crippen LogP contribution is 2.38. The van der Waals surface area contributed by atoms with E-state index >= 15 is 0 Å². The van der Waals surface area contributed by atoms with Crippen LogP contribution in [-0.2, 0) is 19.1 Å². The van der Waals surface area contributed by atoms with Gasteiger partial charge < -0.3 is 44.4 Å². The van der Waals surface area contributed by atoms with Crippen LogP contribution in [0.25, 0.3) is 61.6 Å². The van der Waals surface area contributed by atoms with Crippen LogP contribution in [-0.4, -0.2) is 108 Å². The van der Waals surface area contributed by atoms with E-state index in [4.69, 9.17) is 19.4 Å². The lowest BCUT2D eigenvalue weighted by molar-refractivity contribution is -0.136. The highest BCUT2D eigenvalue weighted by atomic mass is 16.5. The van der Waals surface area contributed by atoms with E-state index in [9.17, 15) is 19.2 Å². The number of hydrogen-bond acceptors (Lipinski definition) is 9. The summed E-state index contributed by atoms with van der Waals surface area (Å²) in [5.41, 5.74) is 9.49. The molecule has 4 aromatic heterocycles. The molecule has 7 aromatic rings. The van der Waals surface area contributed by atoms with Gasteiger partial charge in [0.2, 0.25) is 11.8 Å². The van der Waals surface area contributed by atoms with Gasteiger partial charge in [-0.05, 0) is 90.1 Å². The minimum absolute atomic E-state index is 0.124. The van der Waals surface area contributed by atoms with Crippen molar-refractivity contribution in [3.63, 3.8) is 0 Å². The van der Waals surface area contributed by atoms with Crippen LogP contribution in [0.5, 0.6) is 0 Å². The van der Waals surface area contributed by atoms with Crippen molar-refractivity contribution in [3.8, 4) is 50.7 Å². The van der Waals surface area contributed by atoms with Gasteiger partial charge in [-0.1, -0.05) is 76.2 Å². The number of aromatic amines is 3. The van der Waals surface area contributed by atoms with Crippen molar-refractivity contribution >= 4 is 34.9 Å². The Bertz CT molecular complexity index is 2770. The molecule has 2 fully saturated rings. The monoisotopic (exact) mass is 919 g/mol. The van der Waals surface area contributed by atoms with Crippen LogP contribution in [0.15, 0.2) is 97.5 Å². The minimum Gasteiger partial charge on any atom is -0.453 e. The van der Waals surface area contributed by atoms with Crippen LogP contribution in [0.4, 0.5) is 9.59 Å². The number of nitrogens with zero attached hydrogens (tertiary/aromatic N) is 6. The molecule has 17 nitrogen and oxygen atoms in total. The molecule has 68 heavy (non-hydrogen) atoms. The predicted molar refractivity (Wildman–Crippen MR) is 257 cm³/mol. The number of hydrogen-bond donors (Lipinski definition) is 5. The molecular formula is C51H57N11O6. The van der Waals surface area contributed by atoms with Gasteiger partial charge in [0, 0.05) is 24.2 Å². The second kappa shape index (κ2) is 19.3. The van der Waals surface area contributed by atoms with Gasteiger partial charge in [0.1, 0.15) is 23.7 Å². The number of rotatable bonds is 13. The quantitative estimate of drug-likeness (QED) is 0.0750. The number of methoxy groups -OCH3 is 2. The van der Waals surface area contributed by atoms with Gasteiger partial charge in [0.25, 0.3) is 0 Å². The smallest absolute Gasteiger partial charge is 0.407 e. The zero-order chi connectivity index (χ0) is 47.6. The zero-order valence-corrected chi connectivity index (χ0v) is 39.1. The van der Waals surface area contributed by atoms with Gasteiger partial charge in [-0.15, -0.1) is 0 Å². The van der Waals surface area contributed by atoms with Crippen molar-refractivity contribution in [3.05, 3.63) is 109 Å². The molecule has 4 atom stereocenters. The van der Waals surface area contributed by atoms with E-state index in [1.165, 1.54) is 14.2 Å². The maximum Gasteiger partial charge on any atom is 0.407 e. The van der Waals surface area contributed by atoms with E-state index in [1.54, 1.807) is 0 Å². The first-order chi connectivity index (χ1) is 32.9. The zero-order valence-electron chi connectivity index (χ0n) is 39.1. The van der Waals surface area contributed by atoms with Crippen LogP contribution in [0, 0.1) is 11.8 Å². The molecule has 0 radical (unpaired) electrons. The highest BCUT2D eigenvalue weighted by Gasteiger charge is 2.39. The number of H-pyrrole nitrogens is 3. The minimum atomic E-state index is -0.709. The second-order valence-electron chi connectivity index (χ2n) is 18.2. The molecule has 0 saturated carbocycles. The summed E-state index contributed by atoms with van der Waals surface area (Å²) >= 11 is 0. The number of carbonyl (C=O) groups is 4. The molecule has 5 N–H and O–H groups in total. The maximum atomic E-state index is 13.7. The Morgan fingerprint density at radius 2 is 1.07 bits per heavy atom. The van der Waals surface area contributed by atoms with E-state index < -0.39 is 24.3 Å². The number of nitrogens with one attached hydrogen (secondary N) is 5. The largest absolute Gasteiger partial charge is 0.453 e. The van der Waals surface area contributed by atoms with E-state index in [1.807, 2.05) is 56.1 Å². The lowest BCUT2D eigenvalue weighted by Gasteiger charge is -2.30. The van der Waals surface area contributed by atoms with Crippen LogP contribution in [0.3, 0.4) is 0 Å². The number of ether oxygens (including phenoxy) is 2. The van der Waals surface area contributed by atoms with Crippen LogP contribution >= 0.6 is 0 Å². The van der Waals surface area contributed by atoms with Crippen molar-refractivity contribution in [2.45, 2.75) is 77.5 Å². The molecule has 0 spiro atoms. The van der Waals surface area contributed by atoms with E-state index in [-0.39, 0.29) is 35.7 Å². The van der Waals surface area contributed by atoms with Crippen molar-refractivity contribution in [1.29, 1.82) is 0 Å². The molecule has 4 amide bonds. The normalized spacial score (nSPS) is 16.9. The SMILES string of the molecule is COC(=O)N[C@H](C(=O)N1CCC[C@H]1c1ncc(-c2ccc(-c3ccc(-c4ccc(-c5cnc([C@@H]6CCCN6C(=O)[C@@H](NC(=O)OC)C(C)C)[nH]5)cc4)n3-c3ccc4cn[nH]c4c3)cc2)[nH]1)C(C)C. The lowest BCUT2D eigenvalue weighted by atomic mass is 10.0. The standard InChI is InChI=1S/C51H57N11O6/c1-29(2)44(57-50(65)67-5)48(63)60-23-7-9-42(60)46-52-27-38(55-46)31-11-15-33(16-12-31)40-21-22-41(62(40)36-20-19-35-26-54-59-37(35)25-36)34-17-13-32(14-18-34)39-28-53-47(56-39)43-10-8-24-61(43)49(64)45(30(3)4)58-51(66)68-6/h11-22,25-30,42-45H,7-10,23-24H2,1-6H3,(H,52,55)(H,53,56)(H,54,59)(H,57,65)(H,58,66)/t42-,43-,44-,45-/m0/s1. The molecule has 2 saturated heterocycles. The number of alkyl carbamates (subject to hydrolysis) is 2. The molecule has 3 aromatic carbocycles. The first-order valence-corrected chi connectivity index (χ1v) is 23.2. The number of benzene rings is 3. The average Bonchev–Trinajstić information content (AvgIpc) is 4.22. The van der Waals surface area contributed by atoms with Gasteiger partial charge in [0.15, 0.2) is 0 Å². The van der Waals surface area contributed by atoms with E-state index in [2.05, 4.69) is 114 Å². The summed E-state index contributed by atoms with van der Waals surface area (Å²) in [6.45, 7) is 8.77. The molecular weight excluding hydrogens is 863 g/mol. The van der Waals surface area contributed by atoms with Crippen molar-refractivity contribution in [2.24, 2.45) is 11.8 Å². The predicted octanol–water partition coefficient (Wildman–Crippen LogP) is 8.56. The number of aromatic nitrogens is 7. The Kier molecular flexibility index (Phi) is 12.9. The van der Waals surface area contributed by atoms with Gasteiger partial charge in [-0.3, -0.25) is 14.7 Å². The highest BCUT2D eigenvalue weighted by molar-refractivity contribution is 5.88. The Balaban J connectivity index is 0.962. The summed E-state index contributed by atoms with van der Waals surface area (Å²) in [6, 6.07) is 25.4. The maximum absolute atomic E-state index is 13.7. The number of carbonyl (C=O) groups excluding carboxylic acids is 4. The Morgan fingerprint density at radius 3 is 1.51 bits per heavy atom. The summed E-state index contributed by atoms with van der Waals surface area (Å²) in [5.74, 6) is 0.870. The molecule has 0 aliphatic carbocycles. The van der Waals surface area contributed by atoms with E-state index in [0.717, 1.165) is 87.3 Å². The summed E-state index contributed by atoms with van der Waals surface area (Å²) in [7, 11) is 2.58. The first-order valence-electron chi connectivity index (χ1n) is 23.2. The third-order valence-corrected chi connectivity index (χ3v) is 13.2. The number of likely N-dealkylation sites (tertiary alicyclic amines) is 2. The van der Waals surface area contributed by atoms with E-state index in [0.29, 0.717) is 24.7 Å². The number of fused-ring (bicyclic) bond motifs is 1. The molecule has 2 aliphatic heterocycles. The van der Waals surface area contributed by atoms with Crippen LogP contribution in [0.1, 0.15) is 77.1 Å². The number of amides is 4. The molecule has 352 valence electrons. The third-order valence-electron chi connectivity index (χ3n) is 13.2. The van der Waals surface area contributed by atoms with Gasteiger partial charge in [-0.25, -0.2) is 19.6 Å². The molecule has 2 aliphatic rings. The second-order valence-corrected chi connectivity index (χ2v) is 18.2.